The van der Waals surface area contributed by atoms with E-state index >= 15 is 0 Å². The zero-order valence-corrected chi connectivity index (χ0v) is 29.8. The second-order valence-electron chi connectivity index (χ2n) is 13.2. The number of aryl methyl sites for hydroxylation is 1. The van der Waals surface area contributed by atoms with Crippen LogP contribution in [0.15, 0.2) is 212 Å². The number of anilines is 6. The Labute approximate surface area is 313 Å². The molecule has 0 aliphatic heterocycles. The highest BCUT2D eigenvalue weighted by Crippen LogP contribution is 2.37. The van der Waals surface area contributed by atoms with Crippen LogP contribution < -0.4 is 9.80 Å². The van der Waals surface area contributed by atoms with Crippen LogP contribution in [0.3, 0.4) is 0 Å². The zero-order valence-electron chi connectivity index (χ0n) is 29.8. The van der Waals surface area contributed by atoms with Crippen LogP contribution in [0.2, 0.25) is 0 Å². The monoisotopic (exact) mass is 680 g/mol. The van der Waals surface area contributed by atoms with Crippen molar-refractivity contribution in [1.29, 1.82) is 0 Å². The first kappa shape index (κ1) is 33.3. The van der Waals surface area contributed by atoms with Crippen LogP contribution in [-0.4, -0.2) is 0 Å². The minimum absolute atomic E-state index is 1.12. The minimum Gasteiger partial charge on any atom is -0.311 e. The number of nitrogens with zero attached hydrogens (tertiary/aromatic N) is 2. The van der Waals surface area contributed by atoms with Crippen LogP contribution in [0.25, 0.3) is 34.4 Å². The van der Waals surface area contributed by atoms with Gasteiger partial charge in [-0.05, 0) is 113 Å². The van der Waals surface area contributed by atoms with Gasteiger partial charge in [0.15, 0.2) is 0 Å². The topological polar surface area (TPSA) is 6.48 Å². The van der Waals surface area contributed by atoms with E-state index in [-0.39, 0.29) is 0 Å². The van der Waals surface area contributed by atoms with Crippen molar-refractivity contribution < 1.29 is 0 Å². The van der Waals surface area contributed by atoms with E-state index in [0.29, 0.717) is 0 Å². The highest BCUT2D eigenvalue weighted by Gasteiger charge is 2.14. The fourth-order valence-corrected chi connectivity index (χ4v) is 6.69. The van der Waals surface area contributed by atoms with E-state index in [2.05, 4.69) is 241 Å². The lowest BCUT2D eigenvalue weighted by molar-refractivity contribution is 1.27. The van der Waals surface area contributed by atoms with Crippen molar-refractivity contribution >= 4 is 46.3 Å². The van der Waals surface area contributed by atoms with Gasteiger partial charge in [-0.15, -0.1) is 0 Å². The maximum Gasteiger partial charge on any atom is 0.0462 e. The smallest absolute Gasteiger partial charge is 0.0462 e. The predicted molar refractivity (Wildman–Crippen MR) is 227 cm³/mol. The third kappa shape index (κ3) is 7.73. The normalized spacial score (nSPS) is 11.0. The molecular weight excluding hydrogens is 641 g/mol. The lowest BCUT2D eigenvalue weighted by Crippen LogP contribution is -2.09. The second kappa shape index (κ2) is 15.6. The number of benzene rings is 8. The molecule has 0 heterocycles. The van der Waals surface area contributed by atoms with Gasteiger partial charge in [0.2, 0.25) is 0 Å². The molecule has 2 heteroatoms. The molecule has 0 amide bonds. The molecule has 0 spiro atoms. The third-order valence-electron chi connectivity index (χ3n) is 9.54. The van der Waals surface area contributed by atoms with Gasteiger partial charge in [0.25, 0.3) is 0 Å². The zero-order chi connectivity index (χ0) is 35.8. The average molecular weight is 681 g/mol. The minimum atomic E-state index is 1.12. The number of hydrogen-bond donors (Lipinski definition) is 0. The van der Waals surface area contributed by atoms with Crippen molar-refractivity contribution in [1.82, 2.24) is 0 Å². The van der Waals surface area contributed by atoms with Gasteiger partial charge in [-0.2, -0.15) is 0 Å². The predicted octanol–water partition coefficient (Wildman–Crippen LogP) is 14.4. The summed E-state index contributed by atoms with van der Waals surface area (Å²) in [5.41, 5.74) is 15.1. The first-order chi connectivity index (χ1) is 26.2. The van der Waals surface area contributed by atoms with Gasteiger partial charge in [-0.1, -0.05) is 157 Å². The van der Waals surface area contributed by atoms with Crippen molar-refractivity contribution in [2.75, 3.05) is 9.80 Å². The summed E-state index contributed by atoms with van der Waals surface area (Å²) < 4.78 is 0. The molecule has 0 bridgehead atoms. The van der Waals surface area contributed by atoms with E-state index in [0.717, 1.165) is 45.3 Å². The average Bonchev–Trinajstić information content (AvgIpc) is 3.23. The van der Waals surface area contributed by atoms with Gasteiger partial charge < -0.3 is 9.80 Å². The largest absolute Gasteiger partial charge is 0.311 e. The lowest BCUT2D eigenvalue weighted by Gasteiger charge is -2.26. The molecule has 8 aromatic carbocycles. The van der Waals surface area contributed by atoms with Gasteiger partial charge in [-0.3, -0.25) is 0 Å². The Balaban J connectivity index is 0.985. The van der Waals surface area contributed by atoms with E-state index in [1.54, 1.807) is 0 Å². The SMILES string of the molecule is Cc1ccc(N(c2ccc(-c3ccccc3)cc2)c2ccc(-c3ccc(C=Cc4ccc(N(c5ccccc5)c5ccccc5)cc4)cc3)cc2)cc1. The van der Waals surface area contributed by atoms with Gasteiger partial charge in [0.1, 0.15) is 0 Å². The molecule has 0 fully saturated rings. The van der Waals surface area contributed by atoms with E-state index in [4.69, 9.17) is 0 Å². The van der Waals surface area contributed by atoms with Crippen LogP contribution in [0.4, 0.5) is 34.1 Å². The lowest BCUT2D eigenvalue weighted by atomic mass is 10.0. The van der Waals surface area contributed by atoms with Crippen LogP contribution >= 0.6 is 0 Å². The molecule has 53 heavy (non-hydrogen) atoms. The maximum atomic E-state index is 2.32. The van der Waals surface area contributed by atoms with E-state index in [9.17, 15) is 0 Å². The standard InChI is InChI=1S/C51H40N2/c1-39-17-31-48(32-18-39)53(50-35-27-44(28-36-50)42-11-5-2-6-12-42)51-37-29-45(30-38-51)43-25-21-40(22-26-43)19-20-41-23-33-49(34-24-41)52(46-13-7-3-8-14-46)47-15-9-4-10-16-47/h2-38H,1H3. The summed E-state index contributed by atoms with van der Waals surface area (Å²) in [7, 11) is 0. The maximum absolute atomic E-state index is 2.32. The highest BCUT2D eigenvalue weighted by molar-refractivity contribution is 5.81. The van der Waals surface area contributed by atoms with E-state index in [1.165, 1.54) is 27.8 Å². The van der Waals surface area contributed by atoms with Crippen LogP contribution in [0.5, 0.6) is 0 Å². The first-order valence-corrected chi connectivity index (χ1v) is 18.1. The molecule has 8 rings (SSSR count). The Morgan fingerprint density at radius 1 is 0.264 bits per heavy atom. The molecular formula is C51H40N2. The molecule has 254 valence electrons. The van der Waals surface area contributed by atoms with Crippen molar-refractivity contribution in [3.05, 3.63) is 229 Å². The Bertz CT molecular complexity index is 2340. The van der Waals surface area contributed by atoms with Crippen LogP contribution in [0.1, 0.15) is 16.7 Å². The van der Waals surface area contributed by atoms with Crippen molar-refractivity contribution in [2.24, 2.45) is 0 Å². The number of rotatable bonds is 10. The summed E-state index contributed by atoms with van der Waals surface area (Å²) in [6, 6.07) is 75.5. The number of hydrogen-bond acceptors (Lipinski definition) is 2. The molecule has 0 N–H and O–H groups in total. The van der Waals surface area contributed by atoms with Gasteiger partial charge >= 0.3 is 0 Å². The summed E-state index contributed by atoms with van der Waals surface area (Å²) in [4.78, 5) is 4.60. The van der Waals surface area contributed by atoms with Crippen molar-refractivity contribution in [2.45, 2.75) is 6.92 Å². The Kier molecular flexibility index (Phi) is 9.76. The Hall–Kier alpha value is -6.90. The van der Waals surface area contributed by atoms with Crippen LogP contribution in [-0.2, 0) is 0 Å². The fourth-order valence-electron chi connectivity index (χ4n) is 6.69. The molecule has 0 unspecified atom stereocenters. The summed E-state index contributed by atoms with van der Waals surface area (Å²) in [6.45, 7) is 2.13. The summed E-state index contributed by atoms with van der Waals surface area (Å²) in [5.74, 6) is 0. The van der Waals surface area contributed by atoms with E-state index < -0.39 is 0 Å². The summed E-state index contributed by atoms with van der Waals surface area (Å²) in [6.07, 6.45) is 4.35. The first-order valence-electron chi connectivity index (χ1n) is 18.1. The van der Waals surface area contributed by atoms with E-state index in [1.807, 2.05) is 0 Å². The fraction of sp³-hybridized carbons (Fsp3) is 0.0196. The molecule has 0 saturated carbocycles. The van der Waals surface area contributed by atoms with Gasteiger partial charge in [0, 0.05) is 34.1 Å². The molecule has 0 saturated heterocycles. The molecule has 0 atom stereocenters. The second-order valence-corrected chi connectivity index (χ2v) is 13.2. The summed E-state index contributed by atoms with van der Waals surface area (Å²) >= 11 is 0. The Morgan fingerprint density at radius 3 is 0.925 bits per heavy atom. The molecule has 0 aromatic heterocycles. The molecule has 8 aromatic rings. The van der Waals surface area contributed by atoms with Crippen LogP contribution in [0, 0.1) is 6.92 Å². The van der Waals surface area contributed by atoms with Gasteiger partial charge in [0.05, 0.1) is 0 Å². The van der Waals surface area contributed by atoms with Crippen molar-refractivity contribution in [3.63, 3.8) is 0 Å². The van der Waals surface area contributed by atoms with Gasteiger partial charge in [-0.25, -0.2) is 0 Å². The molecule has 2 nitrogen and oxygen atoms in total. The third-order valence-corrected chi connectivity index (χ3v) is 9.54. The van der Waals surface area contributed by atoms with Crippen molar-refractivity contribution in [3.8, 4) is 22.3 Å². The Morgan fingerprint density at radius 2 is 0.528 bits per heavy atom. The summed E-state index contributed by atoms with van der Waals surface area (Å²) in [5, 5.41) is 0. The molecule has 0 radical (unpaired) electrons. The quantitative estimate of drug-likeness (QED) is 0.133. The molecule has 0 aliphatic rings. The highest BCUT2D eigenvalue weighted by atomic mass is 15.1. The number of para-hydroxylation sites is 2. The molecule has 0 aliphatic carbocycles.